The minimum Gasteiger partial charge on any atom is -0.486 e. The molecule has 6 heteroatoms. The van der Waals surface area contributed by atoms with E-state index in [4.69, 9.17) is 9.47 Å². The van der Waals surface area contributed by atoms with Gasteiger partial charge in [-0.3, -0.25) is 9.59 Å². The summed E-state index contributed by atoms with van der Waals surface area (Å²) < 4.78 is 11.2. The highest BCUT2D eigenvalue weighted by atomic mass is 16.6. The molecule has 6 nitrogen and oxygen atoms in total. The topological polar surface area (TPSA) is 76.7 Å². The molecule has 196 valence electrons. The minimum absolute atomic E-state index is 0.208. The maximum absolute atomic E-state index is 13.2. The highest BCUT2D eigenvalue weighted by molar-refractivity contribution is 6.01. The molecule has 4 aliphatic carbocycles. The van der Waals surface area contributed by atoms with Crippen molar-refractivity contribution in [2.24, 2.45) is 23.7 Å². The van der Waals surface area contributed by atoms with Crippen LogP contribution >= 0.6 is 0 Å². The molecule has 0 radical (unpaired) electrons. The fraction of sp³-hybridized carbons (Fsp3) is 0.548. The second kappa shape index (κ2) is 9.70. The first-order valence-electron chi connectivity index (χ1n) is 14.0. The molecular formula is C31H38N2O4. The Labute approximate surface area is 219 Å². The zero-order valence-electron chi connectivity index (χ0n) is 21.9. The van der Waals surface area contributed by atoms with Gasteiger partial charge in [0, 0.05) is 17.3 Å². The van der Waals surface area contributed by atoms with Crippen LogP contribution in [-0.2, 0) is 10.2 Å². The summed E-state index contributed by atoms with van der Waals surface area (Å²) in [5.41, 5.74) is 2.94. The smallest absolute Gasteiger partial charge is 0.251 e. The zero-order chi connectivity index (χ0) is 25.6. The van der Waals surface area contributed by atoms with Crippen molar-refractivity contribution in [2.45, 2.75) is 70.3 Å². The Morgan fingerprint density at radius 3 is 2.14 bits per heavy atom. The van der Waals surface area contributed by atoms with E-state index in [0.29, 0.717) is 47.8 Å². The molecule has 2 aromatic rings. The largest absolute Gasteiger partial charge is 0.486 e. The van der Waals surface area contributed by atoms with Crippen LogP contribution in [0.1, 0.15) is 74.7 Å². The quantitative estimate of drug-likeness (QED) is 0.509. The number of carbonyl (C=O) groups is 2. The summed E-state index contributed by atoms with van der Waals surface area (Å²) in [5, 5.41) is 5.94. The summed E-state index contributed by atoms with van der Waals surface area (Å²) >= 11 is 0. The van der Waals surface area contributed by atoms with Crippen molar-refractivity contribution in [2.75, 3.05) is 18.5 Å². The number of nitrogens with one attached hydrogen (secondary N) is 2. The lowest BCUT2D eigenvalue weighted by molar-refractivity contribution is -0.118. The number of rotatable bonds is 7. The van der Waals surface area contributed by atoms with Gasteiger partial charge in [0.05, 0.1) is 0 Å². The molecule has 4 fully saturated rings. The third kappa shape index (κ3) is 4.95. The third-order valence-electron chi connectivity index (χ3n) is 8.94. The monoisotopic (exact) mass is 502 g/mol. The molecule has 1 aliphatic heterocycles. The molecule has 4 bridgehead atoms. The summed E-state index contributed by atoms with van der Waals surface area (Å²) in [6.45, 7) is 5.11. The van der Waals surface area contributed by atoms with Crippen molar-refractivity contribution in [1.29, 1.82) is 0 Å². The maximum Gasteiger partial charge on any atom is 0.251 e. The van der Waals surface area contributed by atoms with E-state index in [-0.39, 0.29) is 17.7 Å². The Kier molecular flexibility index (Phi) is 6.37. The van der Waals surface area contributed by atoms with Gasteiger partial charge in [-0.05, 0) is 104 Å². The van der Waals surface area contributed by atoms with E-state index in [1.807, 2.05) is 12.1 Å². The summed E-state index contributed by atoms with van der Waals surface area (Å²) in [6.07, 6.45) is 8.73. The van der Waals surface area contributed by atoms with Gasteiger partial charge in [-0.1, -0.05) is 26.0 Å². The van der Waals surface area contributed by atoms with E-state index in [1.165, 1.54) is 44.1 Å². The molecule has 2 amide bonds. The lowest BCUT2D eigenvalue weighted by Gasteiger charge is -2.57. The molecule has 4 saturated carbocycles. The third-order valence-corrected chi connectivity index (χ3v) is 8.94. The van der Waals surface area contributed by atoms with E-state index in [9.17, 15) is 9.59 Å². The highest BCUT2D eigenvalue weighted by Gasteiger charge is 2.51. The van der Waals surface area contributed by atoms with Crippen molar-refractivity contribution in [3.05, 3.63) is 53.6 Å². The molecule has 0 spiro atoms. The fourth-order valence-electron chi connectivity index (χ4n) is 7.73. The van der Waals surface area contributed by atoms with E-state index in [1.54, 1.807) is 18.2 Å². The first-order valence-corrected chi connectivity index (χ1v) is 14.0. The molecule has 2 aromatic carbocycles. The fourth-order valence-corrected chi connectivity index (χ4v) is 7.73. The summed E-state index contributed by atoms with van der Waals surface area (Å²) in [6, 6.07) is 13.0. The average Bonchev–Trinajstić information content (AvgIpc) is 2.87. The molecule has 0 aromatic heterocycles. The van der Waals surface area contributed by atoms with Gasteiger partial charge >= 0.3 is 0 Å². The number of benzene rings is 2. The number of hydrogen-bond acceptors (Lipinski definition) is 4. The second-order valence-electron chi connectivity index (χ2n) is 12.3. The normalized spacial score (nSPS) is 28.1. The first-order chi connectivity index (χ1) is 17.9. The SMILES string of the molecule is CC(C)CC(NC(=O)c1ccc(C23CC4CC(CC(C4)C2)C3)cc1)C(=O)Nc1ccc2c(c1)OCCO2. The number of fused-ring (bicyclic) bond motifs is 1. The van der Waals surface area contributed by atoms with E-state index in [2.05, 4.69) is 36.6 Å². The van der Waals surface area contributed by atoms with E-state index in [0.717, 1.165) is 17.8 Å². The standard InChI is InChI=1S/C31H38N2O4/c1-19(2)11-26(30(35)32-25-7-8-27-28(15-25)37-10-9-36-27)33-29(34)23-3-5-24(6-4-23)31-16-20-12-21(17-31)14-22(13-20)18-31/h3-8,15,19-22,26H,9-14,16-18H2,1-2H3,(H,32,35)(H,33,34). The van der Waals surface area contributed by atoms with E-state index < -0.39 is 6.04 Å². The van der Waals surface area contributed by atoms with Crippen LogP contribution in [0.2, 0.25) is 0 Å². The lowest BCUT2D eigenvalue weighted by atomic mass is 9.48. The molecule has 1 unspecified atom stereocenters. The van der Waals surface area contributed by atoms with Crippen LogP contribution in [0.15, 0.2) is 42.5 Å². The summed E-state index contributed by atoms with van der Waals surface area (Å²) in [5.74, 6) is 3.76. The van der Waals surface area contributed by atoms with Crippen molar-refractivity contribution >= 4 is 17.5 Å². The Balaban J connectivity index is 1.13. The van der Waals surface area contributed by atoms with Crippen molar-refractivity contribution in [3.8, 4) is 11.5 Å². The van der Waals surface area contributed by atoms with Crippen molar-refractivity contribution < 1.29 is 19.1 Å². The van der Waals surface area contributed by atoms with Crippen molar-refractivity contribution in [1.82, 2.24) is 5.32 Å². The van der Waals surface area contributed by atoms with Crippen LogP contribution in [0.4, 0.5) is 5.69 Å². The molecule has 2 N–H and O–H groups in total. The maximum atomic E-state index is 13.2. The van der Waals surface area contributed by atoms with Crippen molar-refractivity contribution in [3.63, 3.8) is 0 Å². The Bertz CT molecular complexity index is 1140. The molecule has 0 saturated heterocycles. The van der Waals surface area contributed by atoms with Gasteiger partial charge in [-0.25, -0.2) is 0 Å². The van der Waals surface area contributed by atoms with E-state index >= 15 is 0 Å². The summed E-state index contributed by atoms with van der Waals surface area (Å²) in [7, 11) is 0. The average molecular weight is 503 g/mol. The van der Waals surface area contributed by atoms with Gasteiger partial charge in [-0.2, -0.15) is 0 Å². The van der Waals surface area contributed by atoms with Crippen LogP contribution in [0.5, 0.6) is 11.5 Å². The molecule has 37 heavy (non-hydrogen) atoms. The molecule has 1 atom stereocenters. The first kappa shape index (κ1) is 24.3. The molecular weight excluding hydrogens is 464 g/mol. The summed E-state index contributed by atoms with van der Waals surface area (Å²) in [4.78, 5) is 26.4. The Morgan fingerprint density at radius 2 is 1.51 bits per heavy atom. The van der Waals surface area contributed by atoms with Gasteiger partial charge in [0.25, 0.3) is 5.91 Å². The van der Waals surface area contributed by atoms with Gasteiger partial charge < -0.3 is 20.1 Å². The number of hydrogen-bond donors (Lipinski definition) is 2. The molecule has 7 rings (SSSR count). The predicted molar refractivity (Wildman–Crippen MR) is 143 cm³/mol. The van der Waals surface area contributed by atoms with Gasteiger partial charge in [0.2, 0.25) is 5.91 Å². The number of anilines is 1. The minimum atomic E-state index is -0.636. The van der Waals surface area contributed by atoms with Crippen LogP contribution in [-0.4, -0.2) is 31.1 Å². The van der Waals surface area contributed by atoms with Gasteiger partial charge in [-0.15, -0.1) is 0 Å². The highest BCUT2D eigenvalue weighted by Crippen LogP contribution is 2.60. The zero-order valence-corrected chi connectivity index (χ0v) is 21.9. The number of ether oxygens (including phenoxy) is 2. The molecule has 5 aliphatic rings. The van der Waals surface area contributed by atoms with Gasteiger partial charge in [0.15, 0.2) is 11.5 Å². The number of amides is 2. The predicted octanol–water partition coefficient (Wildman–Crippen LogP) is 5.71. The Morgan fingerprint density at radius 1 is 0.892 bits per heavy atom. The lowest BCUT2D eigenvalue weighted by Crippen LogP contribution is -2.48. The van der Waals surface area contributed by atoms with Crippen LogP contribution in [0.25, 0.3) is 0 Å². The van der Waals surface area contributed by atoms with Crippen LogP contribution in [0, 0.1) is 23.7 Å². The molecule has 1 heterocycles. The van der Waals surface area contributed by atoms with Gasteiger partial charge in [0.1, 0.15) is 19.3 Å². The Hall–Kier alpha value is -3.02. The number of carbonyl (C=O) groups excluding carboxylic acids is 2. The second-order valence-corrected chi connectivity index (χ2v) is 12.3. The van der Waals surface area contributed by atoms with Crippen LogP contribution in [0.3, 0.4) is 0 Å². The van der Waals surface area contributed by atoms with Crippen LogP contribution < -0.4 is 20.1 Å².